The molecule has 0 fully saturated rings. The molecule has 7 heteroatoms. The van der Waals surface area contributed by atoms with Crippen LogP contribution in [0.4, 0.5) is 21.9 Å². The first kappa shape index (κ1) is 32.5. The number of para-hydroxylation sites is 1. The van der Waals surface area contributed by atoms with Gasteiger partial charge in [0.25, 0.3) is 0 Å². The maximum absolute atomic E-state index is 13.2. The Morgan fingerprint density at radius 2 is 1.20 bits per heavy atom. The third-order valence-corrected chi connectivity index (χ3v) is 8.34. The van der Waals surface area contributed by atoms with Crippen LogP contribution in [0.3, 0.4) is 0 Å². The molecule has 0 aliphatic rings. The van der Waals surface area contributed by atoms with E-state index >= 15 is 0 Å². The fourth-order valence-electron chi connectivity index (χ4n) is 5.60. The van der Waals surface area contributed by atoms with Gasteiger partial charge in [0.2, 0.25) is 0 Å². The van der Waals surface area contributed by atoms with Crippen molar-refractivity contribution < 1.29 is 19.5 Å². The summed E-state index contributed by atoms with van der Waals surface area (Å²) < 4.78 is 0. The van der Waals surface area contributed by atoms with E-state index in [2.05, 4.69) is 10.6 Å². The minimum Gasteiger partial charge on any atom is -0.480 e. The normalized spacial score (nSPS) is 11.3. The number of hydrogen-bond acceptors (Lipinski definition) is 4. The number of urea groups is 1. The Bertz CT molecular complexity index is 2060. The van der Waals surface area contributed by atoms with Crippen molar-refractivity contribution in [2.45, 2.75) is 12.5 Å². The van der Waals surface area contributed by atoms with Crippen molar-refractivity contribution in [1.29, 1.82) is 0 Å². The molecule has 0 spiro atoms. The predicted molar refractivity (Wildman–Crippen MR) is 196 cm³/mol. The number of nitrogens with one attached hydrogen (secondary N) is 2. The first-order valence-electron chi connectivity index (χ1n) is 15.9. The highest BCUT2D eigenvalue weighted by Crippen LogP contribution is 2.27. The molecule has 0 aliphatic heterocycles. The average Bonchev–Trinajstić information content (AvgIpc) is 3.15. The third-order valence-electron chi connectivity index (χ3n) is 8.34. The lowest BCUT2D eigenvalue weighted by Gasteiger charge is -2.19. The van der Waals surface area contributed by atoms with E-state index in [0.29, 0.717) is 22.5 Å². The van der Waals surface area contributed by atoms with Gasteiger partial charge in [-0.05, 0) is 64.2 Å². The molecule has 3 N–H and O–H groups in total. The van der Waals surface area contributed by atoms with Gasteiger partial charge in [0.05, 0.1) is 0 Å². The molecule has 6 aromatic carbocycles. The topological polar surface area (TPSA) is 98.7 Å². The van der Waals surface area contributed by atoms with E-state index in [9.17, 15) is 19.5 Å². The fraction of sp³-hybridized carbons (Fsp3) is 0.0714. The Balaban J connectivity index is 1.11. The smallest absolute Gasteiger partial charge is 0.326 e. The van der Waals surface area contributed by atoms with Crippen LogP contribution < -0.4 is 15.5 Å². The minimum atomic E-state index is -1.02. The van der Waals surface area contributed by atoms with E-state index in [-0.39, 0.29) is 18.2 Å². The number of amides is 2. The second-order valence-electron chi connectivity index (χ2n) is 11.7. The van der Waals surface area contributed by atoms with Crippen molar-refractivity contribution in [2.24, 2.45) is 0 Å². The van der Waals surface area contributed by atoms with Crippen LogP contribution >= 0.6 is 0 Å². The highest BCUT2D eigenvalue weighted by Gasteiger charge is 2.21. The number of carbonyl (C=O) groups excluding carboxylic acids is 2. The Labute approximate surface area is 285 Å². The van der Waals surface area contributed by atoms with Gasteiger partial charge >= 0.3 is 12.0 Å². The quantitative estimate of drug-likeness (QED) is 0.122. The molecule has 6 aromatic rings. The second kappa shape index (κ2) is 15.0. The molecule has 2 amide bonds. The first-order chi connectivity index (χ1) is 23.9. The Morgan fingerprint density at radius 1 is 0.633 bits per heavy atom. The molecule has 7 nitrogen and oxygen atoms in total. The molecule has 6 rings (SSSR count). The molecule has 0 aromatic heterocycles. The third kappa shape index (κ3) is 7.92. The maximum atomic E-state index is 13.2. The maximum Gasteiger partial charge on any atom is 0.326 e. The van der Waals surface area contributed by atoms with E-state index in [4.69, 9.17) is 0 Å². The first-order valence-corrected chi connectivity index (χ1v) is 15.9. The standard InChI is InChI=1S/C42H35N3O4/c1-45(42(49)43-35-25-23-31(24-26-35)30-11-4-2-5-12-30)36-16-10-15-34(28-36)32-21-19-29(20-22-32)27-39(41(47)48)44-38-18-9-8-17-37(38)40(46)33-13-6-3-7-14-33/h2-26,28,39,44H,27H2,1H3,(H,43,49)(H,47,48). The summed E-state index contributed by atoms with van der Waals surface area (Å²) in [5.74, 6) is -1.20. The second-order valence-corrected chi connectivity index (χ2v) is 11.7. The van der Waals surface area contributed by atoms with Gasteiger partial charge in [-0.15, -0.1) is 0 Å². The number of rotatable bonds is 11. The zero-order chi connectivity index (χ0) is 34.2. The lowest BCUT2D eigenvalue weighted by molar-refractivity contribution is -0.137. The highest BCUT2D eigenvalue weighted by atomic mass is 16.4. The summed E-state index contributed by atoms with van der Waals surface area (Å²) in [6, 6.07) is 47.8. The lowest BCUT2D eigenvalue weighted by atomic mass is 9.98. The summed E-state index contributed by atoms with van der Waals surface area (Å²) in [6.45, 7) is 0. The van der Waals surface area contributed by atoms with E-state index in [1.54, 1.807) is 60.5 Å². The van der Waals surface area contributed by atoms with Crippen LogP contribution in [0.1, 0.15) is 21.5 Å². The predicted octanol–water partition coefficient (Wildman–Crippen LogP) is 9.03. The molecule has 0 aliphatic carbocycles. The summed E-state index contributed by atoms with van der Waals surface area (Å²) in [7, 11) is 1.72. The summed E-state index contributed by atoms with van der Waals surface area (Å²) in [5, 5.41) is 16.1. The van der Waals surface area contributed by atoms with Gasteiger partial charge in [-0.3, -0.25) is 9.69 Å². The molecule has 0 saturated carbocycles. The molecule has 0 bridgehead atoms. The molecule has 0 saturated heterocycles. The number of anilines is 3. The zero-order valence-corrected chi connectivity index (χ0v) is 26.9. The van der Waals surface area contributed by atoms with Gasteiger partial charge in [0.15, 0.2) is 5.78 Å². The number of ketones is 1. The number of aliphatic carboxylic acids is 1. The lowest BCUT2D eigenvalue weighted by Crippen LogP contribution is -2.32. The number of carbonyl (C=O) groups is 3. The van der Waals surface area contributed by atoms with Crippen molar-refractivity contribution in [3.63, 3.8) is 0 Å². The van der Waals surface area contributed by atoms with Gasteiger partial charge in [-0.1, -0.05) is 121 Å². The van der Waals surface area contributed by atoms with Gasteiger partial charge in [-0.2, -0.15) is 0 Å². The molecule has 1 unspecified atom stereocenters. The van der Waals surface area contributed by atoms with Gasteiger partial charge in [-0.25, -0.2) is 9.59 Å². The van der Waals surface area contributed by atoms with Crippen molar-refractivity contribution in [2.75, 3.05) is 22.6 Å². The Hall–Kier alpha value is -6.47. The number of carboxylic acid groups (broad SMARTS) is 1. The van der Waals surface area contributed by atoms with E-state index < -0.39 is 12.0 Å². The van der Waals surface area contributed by atoms with Crippen LogP contribution in [0.2, 0.25) is 0 Å². The SMILES string of the molecule is CN(C(=O)Nc1ccc(-c2ccccc2)cc1)c1cccc(-c2ccc(CC(Nc3ccccc3C(=O)c3ccccc3)C(=O)O)cc2)c1. The largest absolute Gasteiger partial charge is 0.480 e. The summed E-state index contributed by atoms with van der Waals surface area (Å²) in [5.41, 5.74) is 7.67. The molecule has 0 radical (unpaired) electrons. The molecule has 0 heterocycles. The molecule has 242 valence electrons. The molecule has 49 heavy (non-hydrogen) atoms. The van der Waals surface area contributed by atoms with Gasteiger partial charge in [0.1, 0.15) is 6.04 Å². The Kier molecular flexibility index (Phi) is 9.91. The molecular formula is C42H35N3O4. The minimum absolute atomic E-state index is 0.181. The summed E-state index contributed by atoms with van der Waals surface area (Å²) >= 11 is 0. The number of nitrogens with zero attached hydrogens (tertiary/aromatic N) is 1. The van der Waals surface area contributed by atoms with Crippen LogP contribution in [0.15, 0.2) is 158 Å². The van der Waals surface area contributed by atoms with Crippen LogP contribution in [-0.4, -0.2) is 36.0 Å². The van der Waals surface area contributed by atoms with Crippen LogP contribution in [0, 0.1) is 0 Å². The van der Waals surface area contributed by atoms with E-state index in [1.807, 2.05) is 109 Å². The van der Waals surface area contributed by atoms with Crippen molar-refractivity contribution in [1.82, 2.24) is 0 Å². The van der Waals surface area contributed by atoms with Crippen LogP contribution in [0.25, 0.3) is 22.3 Å². The van der Waals surface area contributed by atoms with Crippen LogP contribution in [-0.2, 0) is 11.2 Å². The molecular weight excluding hydrogens is 610 g/mol. The summed E-state index contributed by atoms with van der Waals surface area (Å²) in [4.78, 5) is 40.2. The van der Waals surface area contributed by atoms with Crippen molar-refractivity contribution in [3.05, 3.63) is 174 Å². The number of benzene rings is 6. The van der Waals surface area contributed by atoms with Crippen molar-refractivity contribution in [3.8, 4) is 22.3 Å². The molecule has 1 atom stereocenters. The Morgan fingerprint density at radius 3 is 1.90 bits per heavy atom. The van der Waals surface area contributed by atoms with E-state index in [0.717, 1.165) is 33.5 Å². The summed E-state index contributed by atoms with van der Waals surface area (Å²) in [6.07, 6.45) is 0.207. The van der Waals surface area contributed by atoms with Crippen LogP contribution in [0.5, 0.6) is 0 Å². The monoisotopic (exact) mass is 645 g/mol. The fourth-order valence-corrected chi connectivity index (χ4v) is 5.60. The van der Waals surface area contributed by atoms with Crippen molar-refractivity contribution >= 4 is 34.8 Å². The average molecular weight is 646 g/mol. The van der Waals surface area contributed by atoms with Gasteiger partial charge in [0, 0.05) is 41.7 Å². The zero-order valence-electron chi connectivity index (χ0n) is 26.9. The number of hydrogen-bond donors (Lipinski definition) is 3. The van der Waals surface area contributed by atoms with E-state index in [1.165, 1.54) is 0 Å². The number of carboxylic acids is 1. The highest BCUT2D eigenvalue weighted by molar-refractivity contribution is 6.12. The van der Waals surface area contributed by atoms with Gasteiger partial charge < -0.3 is 15.7 Å².